The zero-order chi connectivity index (χ0) is 15.0. The Bertz CT molecular complexity index is 892. The molecule has 1 heterocycles. The molecule has 0 saturated heterocycles. The Kier molecular flexibility index (Phi) is 3.47. The molecule has 0 aliphatic carbocycles. The lowest BCUT2D eigenvalue weighted by molar-refractivity contribution is 0.409. The molecule has 21 heavy (non-hydrogen) atoms. The van der Waals surface area contributed by atoms with E-state index in [2.05, 4.69) is 25.9 Å². The summed E-state index contributed by atoms with van der Waals surface area (Å²) in [6.45, 7) is 0. The van der Waals surface area contributed by atoms with Crippen LogP contribution in [0.4, 0.5) is 4.39 Å². The summed E-state index contributed by atoms with van der Waals surface area (Å²) in [5, 5.41) is 0.501. The lowest BCUT2D eigenvalue weighted by Crippen LogP contribution is -2.10. The first kappa shape index (κ1) is 13.8. The Hall–Kier alpha value is -2.21. The number of benzene rings is 2. The maximum Gasteiger partial charge on any atom is 0.259 e. The lowest BCUT2D eigenvalue weighted by atomic mass is 10.1. The van der Waals surface area contributed by atoms with E-state index in [0.29, 0.717) is 22.3 Å². The maximum atomic E-state index is 13.6. The number of aromatic nitrogens is 2. The summed E-state index contributed by atoms with van der Waals surface area (Å²) in [5.41, 5.74) is 0.825. The van der Waals surface area contributed by atoms with Gasteiger partial charge in [-0.2, -0.15) is 0 Å². The molecule has 0 bridgehead atoms. The van der Waals surface area contributed by atoms with Gasteiger partial charge in [0, 0.05) is 0 Å². The van der Waals surface area contributed by atoms with E-state index < -0.39 is 5.82 Å². The van der Waals surface area contributed by atoms with Gasteiger partial charge in [0.15, 0.2) is 0 Å². The zero-order valence-corrected chi connectivity index (χ0v) is 12.6. The summed E-state index contributed by atoms with van der Waals surface area (Å²) >= 11 is 3.14. The van der Waals surface area contributed by atoms with Crippen molar-refractivity contribution in [2.24, 2.45) is 0 Å². The number of H-pyrrole nitrogens is 1. The fourth-order valence-electron chi connectivity index (χ4n) is 2.13. The first-order valence-corrected chi connectivity index (χ1v) is 6.92. The van der Waals surface area contributed by atoms with Crippen LogP contribution >= 0.6 is 15.9 Å². The minimum absolute atomic E-state index is 0.193. The molecule has 1 aromatic heterocycles. The number of hydrogen-bond donors (Lipinski definition) is 1. The molecule has 0 aliphatic rings. The normalized spacial score (nSPS) is 10.8. The van der Waals surface area contributed by atoms with Crippen LogP contribution in [0.2, 0.25) is 0 Å². The summed E-state index contributed by atoms with van der Waals surface area (Å²) in [6.07, 6.45) is 0. The number of fused-ring (bicyclic) bond motifs is 1. The standard InChI is InChI=1S/C15H10BrFN2O2/c1-21-13-9(6-7-10(17)12(13)16)14-18-11-5-3-2-4-8(11)15(20)19-14/h2-7H,1H3,(H,18,19,20). The smallest absolute Gasteiger partial charge is 0.259 e. The van der Waals surface area contributed by atoms with Gasteiger partial charge in [0.2, 0.25) is 0 Å². The molecule has 0 fully saturated rings. The molecular weight excluding hydrogens is 339 g/mol. The van der Waals surface area contributed by atoms with Crippen molar-refractivity contribution in [1.29, 1.82) is 0 Å². The van der Waals surface area contributed by atoms with Gasteiger partial charge >= 0.3 is 0 Å². The Morgan fingerprint density at radius 1 is 1.24 bits per heavy atom. The second-order valence-corrected chi connectivity index (χ2v) is 5.17. The number of rotatable bonds is 2. The number of nitrogens with zero attached hydrogens (tertiary/aromatic N) is 1. The molecule has 0 saturated carbocycles. The highest BCUT2D eigenvalue weighted by atomic mass is 79.9. The van der Waals surface area contributed by atoms with Crippen LogP contribution in [-0.2, 0) is 0 Å². The van der Waals surface area contributed by atoms with Crippen molar-refractivity contribution in [2.45, 2.75) is 0 Å². The maximum absolute atomic E-state index is 13.6. The summed E-state index contributed by atoms with van der Waals surface area (Å²) in [4.78, 5) is 19.2. The Balaban J connectivity index is 2.31. The fourth-order valence-corrected chi connectivity index (χ4v) is 2.64. The van der Waals surface area contributed by atoms with Crippen molar-refractivity contribution in [2.75, 3.05) is 7.11 Å². The van der Waals surface area contributed by atoms with Crippen molar-refractivity contribution in [1.82, 2.24) is 9.97 Å². The predicted octanol–water partition coefficient (Wildman–Crippen LogP) is 3.50. The number of halogens is 2. The average Bonchev–Trinajstić information content (AvgIpc) is 2.49. The number of hydrogen-bond acceptors (Lipinski definition) is 3. The summed E-state index contributed by atoms with van der Waals surface area (Å²) in [7, 11) is 1.43. The van der Waals surface area contributed by atoms with E-state index in [1.165, 1.54) is 19.2 Å². The third-order valence-electron chi connectivity index (χ3n) is 3.12. The predicted molar refractivity (Wildman–Crippen MR) is 82.0 cm³/mol. The Morgan fingerprint density at radius 3 is 2.76 bits per heavy atom. The average molecular weight is 349 g/mol. The zero-order valence-electron chi connectivity index (χ0n) is 11.0. The molecule has 2 aromatic carbocycles. The largest absolute Gasteiger partial charge is 0.495 e. The van der Waals surface area contributed by atoms with Crippen LogP contribution in [0.15, 0.2) is 45.7 Å². The van der Waals surface area contributed by atoms with Gasteiger partial charge in [-0.1, -0.05) is 12.1 Å². The highest BCUT2D eigenvalue weighted by molar-refractivity contribution is 9.10. The summed E-state index contributed by atoms with van der Waals surface area (Å²) in [6, 6.07) is 9.83. The molecular formula is C15H10BrFN2O2. The molecule has 106 valence electrons. The minimum atomic E-state index is -0.446. The SMILES string of the molecule is COc1c(-c2nc3ccccc3c(=O)[nH]2)ccc(F)c1Br. The fraction of sp³-hybridized carbons (Fsp3) is 0.0667. The van der Waals surface area contributed by atoms with E-state index in [0.717, 1.165) is 0 Å². The second kappa shape index (κ2) is 5.29. The van der Waals surface area contributed by atoms with Gasteiger partial charge in [-0.3, -0.25) is 4.79 Å². The molecule has 0 radical (unpaired) electrons. The topological polar surface area (TPSA) is 55.0 Å². The summed E-state index contributed by atoms with van der Waals surface area (Å²) in [5.74, 6) is 0.170. The number of ether oxygens (including phenoxy) is 1. The van der Waals surface area contributed by atoms with Crippen LogP contribution in [0, 0.1) is 5.82 Å². The highest BCUT2D eigenvalue weighted by Gasteiger charge is 2.16. The quantitative estimate of drug-likeness (QED) is 0.771. The second-order valence-electron chi connectivity index (χ2n) is 4.37. The first-order chi connectivity index (χ1) is 10.1. The highest BCUT2D eigenvalue weighted by Crippen LogP contribution is 2.36. The molecule has 1 N–H and O–H groups in total. The van der Waals surface area contributed by atoms with Crippen molar-refractivity contribution in [3.05, 3.63) is 57.0 Å². The van der Waals surface area contributed by atoms with Gasteiger partial charge in [0.05, 0.1) is 28.0 Å². The number of methoxy groups -OCH3 is 1. The van der Waals surface area contributed by atoms with E-state index in [1.807, 2.05) is 0 Å². The Labute approximate surface area is 127 Å². The van der Waals surface area contributed by atoms with Crippen molar-refractivity contribution >= 4 is 26.8 Å². The van der Waals surface area contributed by atoms with Gasteiger partial charge in [-0.25, -0.2) is 9.37 Å². The molecule has 0 spiro atoms. The van der Waals surface area contributed by atoms with Gasteiger partial charge in [0.1, 0.15) is 17.4 Å². The van der Waals surface area contributed by atoms with Crippen LogP contribution in [0.5, 0.6) is 5.75 Å². The molecule has 6 heteroatoms. The van der Waals surface area contributed by atoms with Gasteiger partial charge in [-0.15, -0.1) is 0 Å². The van der Waals surface area contributed by atoms with Gasteiger partial charge in [0.25, 0.3) is 5.56 Å². The Morgan fingerprint density at radius 2 is 2.00 bits per heavy atom. The molecule has 0 aliphatic heterocycles. The monoisotopic (exact) mass is 348 g/mol. The number of nitrogens with one attached hydrogen (secondary N) is 1. The lowest BCUT2D eigenvalue weighted by Gasteiger charge is -2.10. The minimum Gasteiger partial charge on any atom is -0.495 e. The van der Waals surface area contributed by atoms with E-state index >= 15 is 0 Å². The van der Waals surface area contributed by atoms with Crippen LogP contribution in [0.3, 0.4) is 0 Å². The molecule has 4 nitrogen and oxygen atoms in total. The van der Waals surface area contributed by atoms with Crippen LogP contribution in [0.1, 0.15) is 0 Å². The van der Waals surface area contributed by atoms with Crippen LogP contribution in [-0.4, -0.2) is 17.1 Å². The molecule has 3 rings (SSSR count). The van der Waals surface area contributed by atoms with E-state index in [-0.39, 0.29) is 15.8 Å². The first-order valence-electron chi connectivity index (χ1n) is 6.13. The van der Waals surface area contributed by atoms with E-state index in [4.69, 9.17) is 4.74 Å². The molecule has 3 aromatic rings. The molecule has 0 atom stereocenters. The van der Waals surface area contributed by atoms with Gasteiger partial charge in [-0.05, 0) is 40.2 Å². The van der Waals surface area contributed by atoms with Crippen molar-refractivity contribution in [3.8, 4) is 17.1 Å². The van der Waals surface area contributed by atoms with E-state index in [9.17, 15) is 9.18 Å². The molecule has 0 amide bonds. The molecule has 0 unspecified atom stereocenters. The van der Waals surface area contributed by atoms with Gasteiger partial charge < -0.3 is 9.72 Å². The third-order valence-corrected chi connectivity index (χ3v) is 3.86. The van der Waals surface area contributed by atoms with Crippen LogP contribution in [0.25, 0.3) is 22.3 Å². The third kappa shape index (κ3) is 2.31. The van der Waals surface area contributed by atoms with Crippen LogP contribution < -0.4 is 10.3 Å². The number of para-hydroxylation sites is 1. The van der Waals surface area contributed by atoms with E-state index in [1.54, 1.807) is 24.3 Å². The van der Waals surface area contributed by atoms with Crippen molar-refractivity contribution < 1.29 is 9.13 Å². The number of aromatic amines is 1. The van der Waals surface area contributed by atoms with Crippen molar-refractivity contribution in [3.63, 3.8) is 0 Å². The summed E-state index contributed by atoms with van der Waals surface area (Å²) < 4.78 is 19.0.